The molecule has 0 unspecified atom stereocenters. The Labute approximate surface area is 130 Å². The van der Waals surface area contributed by atoms with Gasteiger partial charge in [-0.05, 0) is 30.7 Å². The second-order valence-electron chi connectivity index (χ2n) is 5.12. The lowest BCUT2D eigenvalue weighted by atomic mass is 10.1. The molecular weight excluding hydrogens is 332 g/mol. The molecule has 5 heteroatoms. The van der Waals surface area contributed by atoms with E-state index in [-0.39, 0.29) is 0 Å². The number of nitrogens with zero attached hydrogens (tertiary/aromatic N) is 1. The number of halogens is 1. The first-order chi connectivity index (χ1) is 10.2. The van der Waals surface area contributed by atoms with E-state index in [0.717, 1.165) is 38.4 Å². The second kappa shape index (κ2) is 4.77. The van der Waals surface area contributed by atoms with Crippen molar-refractivity contribution in [3.8, 4) is 22.9 Å². The molecule has 0 spiro atoms. The highest BCUT2D eigenvalue weighted by Crippen LogP contribution is 2.35. The Kier molecular flexibility index (Phi) is 2.89. The van der Waals surface area contributed by atoms with Crippen LogP contribution >= 0.6 is 15.9 Å². The van der Waals surface area contributed by atoms with Crippen LogP contribution in [0.15, 0.2) is 34.8 Å². The molecule has 1 aliphatic heterocycles. The maximum atomic E-state index is 5.60. The van der Waals surface area contributed by atoms with Gasteiger partial charge in [-0.3, -0.25) is 0 Å². The molecule has 0 saturated heterocycles. The van der Waals surface area contributed by atoms with Gasteiger partial charge in [0.2, 0.25) is 0 Å². The van der Waals surface area contributed by atoms with Gasteiger partial charge >= 0.3 is 0 Å². The molecule has 0 radical (unpaired) electrons. The molecule has 0 aliphatic carbocycles. The Morgan fingerprint density at radius 1 is 1.05 bits per heavy atom. The lowest BCUT2D eigenvalue weighted by Gasteiger charge is -2.17. The number of aryl methyl sites for hydroxylation is 1. The minimum Gasteiger partial charge on any atom is -0.486 e. The van der Waals surface area contributed by atoms with Crippen LogP contribution < -0.4 is 9.47 Å². The number of hydrogen-bond donors (Lipinski definition) is 1. The molecule has 3 aromatic rings. The summed E-state index contributed by atoms with van der Waals surface area (Å²) < 4.78 is 12.2. The number of hydrogen-bond acceptors (Lipinski definition) is 3. The number of aromatic amines is 1. The van der Waals surface area contributed by atoms with Crippen LogP contribution in [0.2, 0.25) is 0 Å². The van der Waals surface area contributed by atoms with Crippen LogP contribution in [-0.4, -0.2) is 23.2 Å². The number of ether oxygens (including phenoxy) is 2. The Morgan fingerprint density at radius 2 is 1.81 bits per heavy atom. The average molecular weight is 345 g/mol. The van der Waals surface area contributed by atoms with Crippen molar-refractivity contribution in [2.24, 2.45) is 0 Å². The third-order valence-electron chi connectivity index (χ3n) is 3.46. The van der Waals surface area contributed by atoms with Crippen LogP contribution in [0.5, 0.6) is 11.5 Å². The maximum absolute atomic E-state index is 5.60. The third-order valence-corrected chi connectivity index (χ3v) is 3.92. The van der Waals surface area contributed by atoms with Crippen molar-refractivity contribution in [3.05, 3.63) is 40.4 Å². The van der Waals surface area contributed by atoms with Crippen molar-refractivity contribution in [1.82, 2.24) is 9.97 Å². The van der Waals surface area contributed by atoms with Gasteiger partial charge in [-0.1, -0.05) is 15.9 Å². The van der Waals surface area contributed by atoms with Gasteiger partial charge in [0.1, 0.15) is 19.0 Å². The van der Waals surface area contributed by atoms with Crippen LogP contribution in [0.1, 0.15) is 5.56 Å². The molecule has 2 heterocycles. The van der Waals surface area contributed by atoms with Crippen LogP contribution in [0.3, 0.4) is 0 Å². The molecule has 2 aromatic carbocycles. The Hall–Kier alpha value is -2.01. The van der Waals surface area contributed by atoms with Crippen molar-refractivity contribution in [2.75, 3.05) is 13.2 Å². The molecule has 106 valence electrons. The smallest absolute Gasteiger partial charge is 0.163 e. The van der Waals surface area contributed by atoms with E-state index in [1.807, 2.05) is 12.1 Å². The average Bonchev–Trinajstić information content (AvgIpc) is 2.86. The summed E-state index contributed by atoms with van der Waals surface area (Å²) in [6.45, 7) is 3.24. The highest BCUT2D eigenvalue weighted by atomic mass is 79.9. The van der Waals surface area contributed by atoms with Crippen LogP contribution in [0.25, 0.3) is 22.4 Å². The lowest BCUT2D eigenvalue weighted by molar-refractivity contribution is 0.172. The topological polar surface area (TPSA) is 47.1 Å². The van der Waals surface area contributed by atoms with Crippen molar-refractivity contribution < 1.29 is 9.47 Å². The summed E-state index contributed by atoms with van der Waals surface area (Å²) in [7, 11) is 0. The number of fused-ring (bicyclic) bond motifs is 2. The van der Waals surface area contributed by atoms with Gasteiger partial charge in [-0.25, -0.2) is 4.98 Å². The number of nitrogens with one attached hydrogen (secondary N) is 1. The van der Waals surface area contributed by atoms with E-state index in [4.69, 9.17) is 9.47 Å². The molecule has 0 bridgehead atoms. The number of H-pyrrole nitrogens is 1. The summed E-state index contributed by atoms with van der Waals surface area (Å²) in [5, 5.41) is 0. The zero-order valence-corrected chi connectivity index (χ0v) is 13.0. The van der Waals surface area contributed by atoms with Gasteiger partial charge in [0.25, 0.3) is 0 Å². The highest BCUT2D eigenvalue weighted by molar-refractivity contribution is 9.10. The second-order valence-corrected chi connectivity index (χ2v) is 6.03. The molecule has 1 aliphatic rings. The summed E-state index contributed by atoms with van der Waals surface area (Å²) >= 11 is 3.53. The van der Waals surface area contributed by atoms with Crippen molar-refractivity contribution in [3.63, 3.8) is 0 Å². The monoisotopic (exact) mass is 344 g/mol. The predicted octanol–water partition coefficient (Wildman–Crippen LogP) is 4.07. The summed E-state index contributed by atoms with van der Waals surface area (Å²) in [6, 6.07) is 10.1. The first-order valence-corrected chi connectivity index (χ1v) is 7.55. The van der Waals surface area contributed by atoms with Gasteiger partial charge in [0, 0.05) is 22.2 Å². The number of rotatable bonds is 1. The minimum atomic E-state index is 0.584. The molecule has 0 fully saturated rings. The fourth-order valence-corrected chi connectivity index (χ4v) is 3.16. The van der Waals surface area contributed by atoms with E-state index in [2.05, 4.69) is 51.0 Å². The van der Waals surface area contributed by atoms with E-state index >= 15 is 0 Å². The zero-order chi connectivity index (χ0) is 14.4. The molecule has 0 saturated carbocycles. The number of imidazole rings is 1. The number of benzene rings is 2. The van der Waals surface area contributed by atoms with Gasteiger partial charge in [0.05, 0.1) is 11.0 Å². The van der Waals surface area contributed by atoms with Crippen LogP contribution in [0, 0.1) is 6.92 Å². The van der Waals surface area contributed by atoms with Gasteiger partial charge in [0.15, 0.2) is 11.5 Å². The maximum Gasteiger partial charge on any atom is 0.163 e. The highest BCUT2D eigenvalue weighted by Gasteiger charge is 2.15. The summed E-state index contributed by atoms with van der Waals surface area (Å²) in [4.78, 5) is 8.01. The van der Waals surface area contributed by atoms with Crippen molar-refractivity contribution in [1.29, 1.82) is 0 Å². The standard InChI is InChI=1S/C16H13BrN2O2/c1-9-4-10(6-11(17)5-9)16-18-12-7-14-15(8-13(12)19-16)21-3-2-20-14/h4-8H,2-3H2,1H3,(H,18,19). The van der Waals surface area contributed by atoms with Gasteiger partial charge in [-0.2, -0.15) is 0 Å². The lowest BCUT2D eigenvalue weighted by Crippen LogP contribution is -2.15. The Balaban J connectivity index is 1.86. The summed E-state index contributed by atoms with van der Waals surface area (Å²) in [5.41, 5.74) is 4.07. The van der Waals surface area contributed by atoms with Crippen molar-refractivity contribution >= 4 is 27.0 Å². The predicted molar refractivity (Wildman–Crippen MR) is 85.0 cm³/mol. The first-order valence-electron chi connectivity index (χ1n) is 6.76. The SMILES string of the molecule is Cc1cc(Br)cc(-c2nc3cc4c(cc3[nH]2)OCCO4)c1. The summed E-state index contributed by atoms with van der Waals surface area (Å²) in [6.07, 6.45) is 0. The fraction of sp³-hybridized carbons (Fsp3) is 0.188. The fourth-order valence-electron chi connectivity index (χ4n) is 2.56. The molecule has 4 rings (SSSR count). The molecule has 0 amide bonds. The van der Waals surface area contributed by atoms with E-state index in [1.54, 1.807) is 0 Å². The molecular formula is C16H13BrN2O2. The molecule has 0 atom stereocenters. The van der Waals surface area contributed by atoms with E-state index in [1.165, 1.54) is 5.56 Å². The van der Waals surface area contributed by atoms with Gasteiger partial charge in [-0.15, -0.1) is 0 Å². The zero-order valence-electron chi connectivity index (χ0n) is 11.4. The summed E-state index contributed by atoms with van der Waals surface area (Å²) in [5.74, 6) is 2.38. The van der Waals surface area contributed by atoms with Gasteiger partial charge < -0.3 is 14.5 Å². The van der Waals surface area contributed by atoms with Crippen LogP contribution in [0.4, 0.5) is 0 Å². The Bertz CT molecular complexity index is 778. The largest absolute Gasteiger partial charge is 0.486 e. The minimum absolute atomic E-state index is 0.584. The van der Waals surface area contributed by atoms with Crippen molar-refractivity contribution in [2.45, 2.75) is 6.92 Å². The van der Waals surface area contributed by atoms with E-state index < -0.39 is 0 Å². The molecule has 1 aromatic heterocycles. The molecule has 1 N–H and O–H groups in total. The molecule has 4 nitrogen and oxygen atoms in total. The normalized spacial score (nSPS) is 13.6. The first kappa shape index (κ1) is 12.7. The molecule has 21 heavy (non-hydrogen) atoms. The van der Waals surface area contributed by atoms with E-state index in [9.17, 15) is 0 Å². The Morgan fingerprint density at radius 3 is 2.57 bits per heavy atom. The number of aromatic nitrogens is 2. The third kappa shape index (κ3) is 2.27. The van der Waals surface area contributed by atoms with E-state index in [0.29, 0.717) is 13.2 Å². The quantitative estimate of drug-likeness (QED) is 0.723. The van der Waals surface area contributed by atoms with Crippen LogP contribution in [-0.2, 0) is 0 Å².